The average Bonchev–Trinajstić information content (AvgIpc) is 3.05. The van der Waals surface area contributed by atoms with Crippen LogP contribution in [0.25, 0.3) is 0 Å². The summed E-state index contributed by atoms with van der Waals surface area (Å²) in [6, 6.07) is 15.8. The number of aryl methyl sites for hydroxylation is 1. The van der Waals surface area contributed by atoms with Crippen molar-refractivity contribution in [2.75, 3.05) is 0 Å². The molecule has 5 rings (SSSR count). The Bertz CT molecular complexity index is 1100. The highest BCUT2D eigenvalue weighted by Gasteiger charge is 2.61. The third kappa shape index (κ3) is 3.44. The fourth-order valence-electron chi connectivity index (χ4n) is 6.83. The molecule has 2 aromatic rings. The van der Waals surface area contributed by atoms with Gasteiger partial charge in [-0.25, -0.2) is 0 Å². The van der Waals surface area contributed by atoms with Crippen LogP contribution in [0.4, 0.5) is 0 Å². The van der Waals surface area contributed by atoms with Crippen LogP contribution in [-0.4, -0.2) is 15.8 Å². The molecule has 0 radical (unpaired) electrons. The summed E-state index contributed by atoms with van der Waals surface area (Å²) in [6.45, 7) is 2.31. The molecule has 0 aliphatic heterocycles. The zero-order valence-electron chi connectivity index (χ0n) is 18.2. The van der Waals surface area contributed by atoms with Gasteiger partial charge in [-0.3, -0.25) is 0 Å². The lowest BCUT2D eigenvalue weighted by atomic mass is 9.53. The normalized spacial score (nSPS) is 33.0. The van der Waals surface area contributed by atoms with Crippen molar-refractivity contribution in [1.29, 1.82) is 0 Å². The Morgan fingerprint density at radius 1 is 1.00 bits per heavy atom. The van der Waals surface area contributed by atoms with Crippen molar-refractivity contribution in [3.8, 4) is 29.4 Å². The number of phenols is 1. The molecule has 0 aromatic heterocycles. The van der Waals surface area contributed by atoms with Gasteiger partial charge in [0.2, 0.25) is 0 Å². The molecule has 2 fully saturated rings. The van der Waals surface area contributed by atoms with Crippen LogP contribution in [0.5, 0.6) is 5.75 Å². The Kier molecular flexibility index (Phi) is 5.08. The van der Waals surface area contributed by atoms with Crippen LogP contribution in [0.15, 0.2) is 48.5 Å². The van der Waals surface area contributed by atoms with Gasteiger partial charge < -0.3 is 10.2 Å². The van der Waals surface area contributed by atoms with E-state index < -0.39 is 5.60 Å². The van der Waals surface area contributed by atoms with Gasteiger partial charge in [-0.05, 0) is 104 Å². The molecule has 3 aliphatic carbocycles. The van der Waals surface area contributed by atoms with Crippen LogP contribution in [0, 0.1) is 40.9 Å². The lowest BCUT2D eigenvalue weighted by molar-refractivity contribution is -0.0990. The van der Waals surface area contributed by atoms with Gasteiger partial charge in [0.1, 0.15) is 5.75 Å². The quantitative estimate of drug-likeness (QED) is 0.616. The van der Waals surface area contributed by atoms with Crippen molar-refractivity contribution in [2.24, 2.45) is 17.3 Å². The minimum absolute atomic E-state index is 0.0792. The molecule has 5 atom stereocenters. The summed E-state index contributed by atoms with van der Waals surface area (Å²) in [7, 11) is 0. The molecule has 0 spiro atoms. The van der Waals surface area contributed by atoms with E-state index >= 15 is 0 Å². The van der Waals surface area contributed by atoms with E-state index in [1.165, 1.54) is 11.1 Å². The Morgan fingerprint density at radius 3 is 2.68 bits per heavy atom. The van der Waals surface area contributed by atoms with Gasteiger partial charge in [-0.1, -0.05) is 43.0 Å². The number of phenolic OH excluding ortho intramolecular Hbond substituents is 1. The Labute approximate surface area is 185 Å². The van der Waals surface area contributed by atoms with Crippen LogP contribution in [0.1, 0.15) is 68.1 Å². The maximum atomic E-state index is 11.7. The zero-order valence-corrected chi connectivity index (χ0v) is 18.2. The van der Waals surface area contributed by atoms with Gasteiger partial charge in [0.25, 0.3) is 0 Å². The summed E-state index contributed by atoms with van der Waals surface area (Å²) < 4.78 is 0. The summed E-state index contributed by atoms with van der Waals surface area (Å²) >= 11 is 0. The maximum Gasteiger partial charge on any atom is 0.115 e. The Morgan fingerprint density at radius 2 is 1.84 bits per heavy atom. The molecular weight excluding hydrogens is 380 g/mol. The van der Waals surface area contributed by atoms with Crippen molar-refractivity contribution >= 4 is 0 Å². The number of rotatable bonds is 1. The van der Waals surface area contributed by atoms with Gasteiger partial charge in [0.15, 0.2) is 0 Å². The van der Waals surface area contributed by atoms with Crippen LogP contribution in [0.3, 0.4) is 0 Å². The fraction of sp³-hybridized carbons (Fsp3) is 0.448. The molecule has 0 unspecified atom stereocenters. The van der Waals surface area contributed by atoms with Gasteiger partial charge in [-0.15, -0.1) is 0 Å². The van der Waals surface area contributed by atoms with E-state index in [0.29, 0.717) is 29.9 Å². The summed E-state index contributed by atoms with van der Waals surface area (Å²) in [6.07, 6.45) is 6.76. The van der Waals surface area contributed by atoms with Gasteiger partial charge in [-0.2, -0.15) is 0 Å². The molecule has 3 aliphatic rings. The maximum absolute atomic E-state index is 11.7. The summed E-state index contributed by atoms with van der Waals surface area (Å²) in [5, 5.41) is 21.6. The zero-order chi connectivity index (χ0) is 21.5. The number of aromatic hydroxyl groups is 1. The predicted octanol–water partition coefficient (Wildman–Crippen LogP) is 5.42. The number of hydrogen-bond acceptors (Lipinski definition) is 2. The van der Waals surface area contributed by atoms with Crippen LogP contribution in [-0.2, 0) is 6.42 Å². The Hall–Kier alpha value is -2.68. The van der Waals surface area contributed by atoms with Crippen molar-refractivity contribution in [3.05, 3.63) is 65.2 Å². The SMILES string of the molecule is C[C@]12CC[C@@H]3c4ccc(O)cc4CC[C@H]3[C@@H]1CC[C@@]2(O)CC#CC#Cc1ccccc1. The number of aliphatic hydroxyl groups is 1. The van der Waals surface area contributed by atoms with Crippen molar-refractivity contribution in [3.63, 3.8) is 0 Å². The second-order valence-corrected chi connectivity index (χ2v) is 9.92. The summed E-state index contributed by atoms with van der Waals surface area (Å²) in [5.74, 6) is 14.3. The first-order valence-corrected chi connectivity index (χ1v) is 11.6. The van der Waals surface area contributed by atoms with Crippen LogP contribution in [0.2, 0.25) is 0 Å². The molecule has 158 valence electrons. The molecule has 0 heterocycles. The topological polar surface area (TPSA) is 40.5 Å². The van der Waals surface area contributed by atoms with E-state index in [1.807, 2.05) is 42.5 Å². The van der Waals surface area contributed by atoms with Crippen molar-refractivity contribution < 1.29 is 10.2 Å². The smallest absolute Gasteiger partial charge is 0.115 e. The van der Waals surface area contributed by atoms with E-state index in [2.05, 4.69) is 36.7 Å². The molecule has 2 heteroatoms. The molecule has 2 nitrogen and oxygen atoms in total. The summed E-state index contributed by atoms with van der Waals surface area (Å²) in [4.78, 5) is 0. The Balaban J connectivity index is 1.33. The average molecular weight is 411 g/mol. The first kappa shape index (κ1) is 20.2. The third-order valence-corrected chi connectivity index (χ3v) is 8.54. The lowest BCUT2D eigenvalue weighted by Gasteiger charge is -2.53. The van der Waals surface area contributed by atoms with E-state index in [1.54, 1.807) is 0 Å². The van der Waals surface area contributed by atoms with Crippen LogP contribution >= 0.6 is 0 Å². The van der Waals surface area contributed by atoms with Crippen molar-refractivity contribution in [2.45, 2.75) is 63.4 Å². The largest absolute Gasteiger partial charge is 0.508 e. The van der Waals surface area contributed by atoms with E-state index in [9.17, 15) is 10.2 Å². The highest BCUT2D eigenvalue weighted by molar-refractivity contribution is 5.41. The first-order chi connectivity index (χ1) is 15.0. The standard InChI is InChI=1S/C29H30O2/c1-28-18-15-25-24-14-12-23(30)20-22(24)11-13-26(25)27(28)16-19-29(28,31)17-7-3-6-10-21-8-4-2-5-9-21/h2,4-5,8-9,12,14,20,25-27,30-31H,11,13,15-19H2,1H3/t25-,26-,27+,28+,29+/m1/s1. The number of benzene rings is 2. The van der Waals surface area contributed by atoms with Gasteiger partial charge in [0.05, 0.1) is 5.60 Å². The second-order valence-electron chi connectivity index (χ2n) is 9.92. The minimum atomic E-state index is -0.723. The molecule has 2 N–H and O–H groups in total. The van der Waals surface area contributed by atoms with Gasteiger partial charge in [0, 0.05) is 17.4 Å². The molecule has 2 saturated carbocycles. The monoisotopic (exact) mass is 410 g/mol. The molecule has 0 bridgehead atoms. The van der Waals surface area contributed by atoms with Crippen LogP contribution < -0.4 is 0 Å². The highest BCUT2D eigenvalue weighted by atomic mass is 16.3. The summed E-state index contributed by atoms with van der Waals surface area (Å²) in [5.41, 5.74) is 2.92. The molecule has 0 saturated heterocycles. The van der Waals surface area contributed by atoms with Gasteiger partial charge >= 0.3 is 0 Å². The molecule has 31 heavy (non-hydrogen) atoms. The first-order valence-electron chi connectivity index (χ1n) is 11.6. The third-order valence-electron chi connectivity index (χ3n) is 8.54. The van der Waals surface area contributed by atoms with E-state index in [-0.39, 0.29) is 5.41 Å². The lowest BCUT2D eigenvalue weighted by Crippen LogP contribution is -2.50. The molecule has 0 amide bonds. The highest BCUT2D eigenvalue weighted by Crippen LogP contribution is 2.65. The minimum Gasteiger partial charge on any atom is -0.508 e. The van der Waals surface area contributed by atoms with E-state index in [4.69, 9.17) is 0 Å². The predicted molar refractivity (Wildman–Crippen MR) is 123 cm³/mol. The molecular formula is C29H30O2. The molecule has 2 aromatic carbocycles. The number of fused-ring (bicyclic) bond motifs is 5. The number of hydrogen-bond donors (Lipinski definition) is 2. The fourth-order valence-corrected chi connectivity index (χ4v) is 6.83. The second kappa shape index (κ2) is 7.78. The van der Waals surface area contributed by atoms with E-state index in [0.717, 1.165) is 44.1 Å². The van der Waals surface area contributed by atoms with Crippen molar-refractivity contribution in [1.82, 2.24) is 0 Å².